The highest BCUT2D eigenvalue weighted by Crippen LogP contribution is 2.44. The maximum absolute atomic E-state index is 12.8. The van der Waals surface area contributed by atoms with Crippen LogP contribution in [0.4, 0.5) is 4.39 Å². The third kappa shape index (κ3) is 2.30. The van der Waals surface area contributed by atoms with Crippen molar-refractivity contribution in [2.45, 2.75) is 12.2 Å². The van der Waals surface area contributed by atoms with Crippen LogP contribution in [-0.2, 0) is 4.74 Å². The van der Waals surface area contributed by atoms with Crippen LogP contribution in [0.3, 0.4) is 0 Å². The van der Waals surface area contributed by atoms with E-state index in [1.165, 1.54) is 24.3 Å². The molecule has 0 radical (unpaired) electrons. The Labute approximate surface area is 115 Å². The van der Waals surface area contributed by atoms with Gasteiger partial charge in [-0.3, -0.25) is 4.79 Å². The van der Waals surface area contributed by atoms with Crippen LogP contribution in [0, 0.1) is 5.82 Å². The summed E-state index contributed by atoms with van der Waals surface area (Å²) in [5.41, 5.74) is 1.31. The molecule has 20 heavy (non-hydrogen) atoms. The standard InChI is InChI=1S/C16H13FO3/c1-19-13-5-3-2-4-12(13)15-16(20-15)14(18)10-6-8-11(17)9-7-10/h2-9,15-16H,1H3/t15-,16+/m0/s1. The quantitative estimate of drug-likeness (QED) is 0.634. The van der Waals surface area contributed by atoms with E-state index in [4.69, 9.17) is 9.47 Å². The van der Waals surface area contributed by atoms with Gasteiger partial charge in [0.15, 0.2) is 11.9 Å². The fourth-order valence-electron chi connectivity index (χ4n) is 2.23. The minimum atomic E-state index is -0.517. The summed E-state index contributed by atoms with van der Waals surface area (Å²) in [6, 6.07) is 12.9. The summed E-state index contributed by atoms with van der Waals surface area (Å²) >= 11 is 0. The lowest BCUT2D eigenvalue weighted by Gasteiger charge is -2.04. The molecule has 1 heterocycles. The molecule has 1 fully saturated rings. The Morgan fingerprint density at radius 2 is 1.85 bits per heavy atom. The molecular formula is C16H13FO3. The highest BCUT2D eigenvalue weighted by atomic mass is 19.1. The Kier molecular flexibility index (Phi) is 3.24. The van der Waals surface area contributed by atoms with Crippen LogP contribution in [0.5, 0.6) is 5.75 Å². The molecular weight excluding hydrogens is 259 g/mol. The minimum Gasteiger partial charge on any atom is -0.496 e. The predicted octanol–water partition coefficient (Wildman–Crippen LogP) is 3.16. The van der Waals surface area contributed by atoms with Gasteiger partial charge in [0.1, 0.15) is 17.7 Å². The average molecular weight is 272 g/mol. The van der Waals surface area contributed by atoms with Gasteiger partial charge >= 0.3 is 0 Å². The van der Waals surface area contributed by atoms with Crippen molar-refractivity contribution in [1.82, 2.24) is 0 Å². The highest BCUT2D eigenvalue weighted by molar-refractivity contribution is 6.01. The van der Waals surface area contributed by atoms with Crippen molar-refractivity contribution in [2.75, 3.05) is 7.11 Å². The van der Waals surface area contributed by atoms with Crippen molar-refractivity contribution in [1.29, 1.82) is 0 Å². The van der Waals surface area contributed by atoms with E-state index >= 15 is 0 Å². The monoisotopic (exact) mass is 272 g/mol. The van der Waals surface area contributed by atoms with Gasteiger partial charge < -0.3 is 9.47 Å². The van der Waals surface area contributed by atoms with Gasteiger partial charge in [-0.2, -0.15) is 0 Å². The lowest BCUT2D eigenvalue weighted by Crippen LogP contribution is -2.08. The summed E-state index contributed by atoms with van der Waals surface area (Å²) in [5.74, 6) is 0.201. The summed E-state index contributed by atoms with van der Waals surface area (Å²) in [7, 11) is 1.58. The highest BCUT2D eigenvalue weighted by Gasteiger charge is 2.47. The summed E-state index contributed by atoms with van der Waals surface area (Å²) < 4.78 is 23.6. The van der Waals surface area contributed by atoms with Crippen molar-refractivity contribution < 1.29 is 18.7 Å². The zero-order valence-corrected chi connectivity index (χ0v) is 10.9. The van der Waals surface area contributed by atoms with E-state index in [0.29, 0.717) is 11.3 Å². The molecule has 0 amide bonds. The second kappa shape index (κ2) is 5.06. The first-order chi connectivity index (χ1) is 9.70. The number of carbonyl (C=O) groups excluding carboxylic acids is 1. The number of epoxide rings is 1. The van der Waals surface area contributed by atoms with Gasteiger partial charge in [0, 0.05) is 11.1 Å². The van der Waals surface area contributed by atoms with Crippen LogP contribution in [0.15, 0.2) is 48.5 Å². The summed E-state index contributed by atoms with van der Waals surface area (Å²) in [4.78, 5) is 12.2. The average Bonchev–Trinajstić information content (AvgIpc) is 3.27. The molecule has 2 atom stereocenters. The van der Waals surface area contributed by atoms with E-state index in [1.807, 2.05) is 24.3 Å². The maximum Gasteiger partial charge on any atom is 0.194 e. The van der Waals surface area contributed by atoms with E-state index in [1.54, 1.807) is 7.11 Å². The Balaban J connectivity index is 1.78. The molecule has 4 heteroatoms. The van der Waals surface area contributed by atoms with E-state index in [0.717, 1.165) is 5.56 Å². The van der Waals surface area contributed by atoms with Gasteiger partial charge in [-0.05, 0) is 30.3 Å². The molecule has 3 nitrogen and oxygen atoms in total. The van der Waals surface area contributed by atoms with Crippen molar-refractivity contribution in [3.05, 3.63) is 65.5 Å². The number of halogens is 1. The molecule has 0 saturated carbocycles. The Morgan fingerprint density at radius 1 is 1.15 bits per heavy atom. The molecule has 2 aromatic carbocycles. The van der Waals surface area contributed by atoms with Crippen LogP contribution in [0.2, 0.25) is 0 Å². The Morgan fingerprint density at radius 3 is 2.55 bits per heavy atom. The zero-order chi connectivity index (χ0) is 14.1. The summed E-state index contributed by atoms with van der Waals surface area (Å²) in [5, 5.41) is 0. The SMILES string of the molecule is COc1ccccc1[C@@H]1O[C@@H]1C(=O)c1ccc(F)cc1. The van der Waals surface area contributed by atoms with Gasteiger partial charge in [-0.1, -0.05) is 18.2 Å². The first-order valence-electron chi connectivity index (χ1n) is 6.29. The van der Waals surface area contributed by atoms with Crippen LogP contribution in [-0.4, -0.2) is 19.0 Å². The van der Waals surface area contributed by atoms with Crippen molar-refractivity contribution in [3.8, 4) is 5.75 Å². The molecule has 0 unspecified atom stereocenters. The molecule has 3 rings (SSSR count). The number of carbonyl (C=O) groups is 1. The number of Topliss-reactive ketones (excluding diaryl/α,β-unsaturated/α-hetero) is 1. The number of hydrogen-bond donors (Lipinski definition) is 0. The van der Waals surface area contributed by atoms with Crippen LogP contribution >= 0.6 is 0 Å². The summed E-state index contributed by atoms with van der Waals surface area (Å²) in [6.07, 6.45) is -0.805. The number of ether oxygens (including phenoxy) is 2. The van der Waals surface area contributed by atoms with Gasteiger partial charge in [0.2, 0.25) is 0 Å². The van der Waals surface area contributed by atoms with E-state index < -0.39 is 6.10 Å². The largest absolute Gasteiger partial charge is 0.496 e. The topological polar surface area (TPSA) is 38.8 Å². The summed E-state index contributed by atoms with van der Waals surface area (Å²) in [6.45, 7) is 0. The smallest absolute Gasteiger partial charge is 0.194 e. The third-order valence-electron chi connectivity index (χ3n) is 3.32. The minimum absolute atomic E-state index is 0.138. The third-order valence-corrected chi connectivity index (χ3v) is 3.32. The molecule has 0 spiro atoms. The molecule has 1 saturated heterocycles. The molecule has 1 aliphatic heterocycles. The normalized spacial score (nSPS) is 20.5. The van der Waals surface area contributed by atoms with Crippen molar-refractivity contribution in [2.24, 2.45) is 0 Å². The molecule has 0 aliphatic carbocycles. The lowest BCUT2D eigenvalue weighted by atomic mass is 10.0. The Hall–Kier alpha value is -2.20. The van der Waals surface area contributed by atoms with Gasteiger partial charge in [0.25, 0.3) is 0 Å². The second-order valence-corrected chi connectivity index (χ2v) is 4.59. The van der Waals surface area contributed by atoms with E-state index in [-0.39, 0.29) is 17.7 Å². The molecule has 102 valence electrons. The van der Waals surface area contributed by atoms with Gasteiger partial charge in [0.05, 0.1) is 7.11 Å². The first-order valence-corrected chi connectivity index (χ1v) is 6.29. The van der Waals surface area contributed by atoms with Gasteiger partial charge in [-0.15, -0.1) is 0 Å². The van der Waals surface area contributed by atoms with Crippen molar-refractivity contribution >= 4 is 5.78 Å². The number of methoxy groups -OCH3 is 1. The number of benzene rings is 2. The lowest BCUT2D eigenvalue weighted by molar-refractivity contribution is 0.0953. The van der Waals surface area contributed by atoms with Crippen LogP contribution < -0.4 is 4.74 Å². The Bertz CT molecular complexity index is 636. The predicted molar refractivity (Wildman–Crippen MR) is 71.3 cm³/mol. The van der Waals surface area contributed by atoms with Crippen molar-refractivity contribution in [3.63, 3.8) is 0 Å². The van der Waals surface area contributed by atoms with E-state index in [2.05, 4.69) is 0 Å². The van der Waals surface area contributed by atoms with Crippen LogP contribution in [0.1, 0.15) is 22.0 Å². The molecule has 0 aromatic heterocycles. The fraction of sp³-hybridized carbons (Fsp3) is 0.188. The second-order valence-electron chi connectivity index (χ2n) is 4.59. The molecule has 0 N–H and O–H groups in total. The van der Waals surface area contributed by atoms with Gasteiger partial charge in [-0.25, -0.2) is 4.39 Å². The number of ketones is 1. The molecule has 2 aromatic rings. The molecule has 1 aliphatic rings. The fourth-order valence-corrected chi connectivity index (χ4v) is 2.23. The zero-order valence-electron chi connectivity index (χ0n) is 10.9. The number of rotatable bonds is 4. The number of hydrogen-bond acceptors (Lipinski definition) is 3. The number of para-hydroxylation sites is 1. The molecule has 0 bridgehead atoms. The first kappa shape index (κ1) is 12.8. The van der Waals surface area contributed by atoms with Crippen LogP contribution in [0.25, 0.3) is 0 Å². The van der Waals surface area contributed by atoms with E-state index in [9.17, 15) is 9.18 Å². The maximum atomic E-state index is 12.8.